The van der Waals surface area contributed by atoms with Crippen LogP contribution in [0.4, 0.5) is 0 Å². The van der Waals surface area contributed by atoms with E-state index < -0.39 is 7.14 Å². The first-order chi connectivity index (χ1) is 29.0. The Morgan fingerprint density at radius 1 is 0.339 bits per heavy atom. The summed E-state index contributed by atoms with van der Waals surface area (Å²) in [5.74, 6) is 1.86. The maximum atomic E-state index is 14.8. The fraction of sp³-hybridized carbons (Fsp3) is 0.0185. The van der Waals surface area contributed by atoms with E-state index in [0.717, 1.165) is 93.4 Å². The number of rotatable bonds is 6. The molecule has 0 radical (unpaired) electrons. The lowest BCUT2D eigenvalue weighted by molar-refractivity contribution is 0.591. The van der Waals surface area contributed by atoms with Crippen LogP contribution in [0.25, 0.3) is 100 Å². The number of nitrogens with zero attached hydrogens (tertiary/aromatic N) is 3. The Hall–Kier alpha value is -7.26. The quantitative estimate of drug-likeness (QED) is 0.125. The van der Waals surface area contributed by atoms with Crippen molar-refractivity contribution in [2.24, 2.45) is 0 Å². The summed E-state index contributed by atoms with van der Waals surface area (Å²) in [7, 11) is -2.87. The normalized spacial score (nSPS) is 14.3. The first kappa shape index (κ1) is 34.9. The van der Waals surface area contributed by atoms with Crippen molar-refractivity contribution in [1.29, 1.82) is 0 Å². The van der Waals surface area contributed by atoms with Crippen LogP contribution in [0.5, 0.6) is 0 Å². The van der Waals surface area contributed by atoms with Crippen LogP contribution in [0.1, 0.15) is 0 Å². The second-order valence-corrected chi connectivity index (χ2v) is 18.0. The van der Waals surface area contributed by atoms with Crippen molar-refractivity contribution < 1.29 is 4.57 Å². The van der Waals surface area contributed by atoms with Crippen molar-refractivity contribution in [3.63, 3.8) is 0 Å². The lowest BCUT2D eigenvalue weighted by Crippen LogP contribution is -2.11. The van der Waals surface area contributed by atoms with E-state index in [0.29, 0.717) is 17.5 Å². The van der Waals surface area contributed by atoms with Gasteiger partial charge in [-0.3, -0.25) is 0 Å². The molecule has 0 saturated heterocycles. The Balaban J connectivity index is 1.06. The molecule has 59 heavy (non-hydrogen) atoms. The van der Waals surface area contributed by atoms with Crippen LogP contribution in [-0.2, 0) is 4.57 Å². The molecule has 1 aliphatic rings. The van der Waals surface area contributed by atoms with Gasteiger partial charge in [0.15, 0.2) is 17.5 Å². The molecule has 0 bridgehead atoms. The van der Waals surface area contributed by atoms with Gasteiger partial charge in [-0.15, -0.1) is 0 Å². The van der Waals surface area contributed by atoms with E-state index in [1.165, 1.54) is 0 Å². The molecule has 4 nitrogen and oxygen atoms in total. The fourth-order valence-corrected chi connectivity index (χ4v) is 11.5. The topological polar surface area (TPSA) is 55.7 Å². The van der Waals surface area contributed by atoms with Crippen molar-refractivity contribution >= 4 is 39.3 Å². The van der Waals surface area contributed by atoms with Crippen LogP contribution >= 0.6 is 7.14 Å². The van der Waals surface area contributed by atoms with Crippen molar-refractivity contribution in [3.8, 4) is 78.7 Å². The molecule has 2 heterocycles. The predicted octanol–water partition coefficient (Wildman–Crippen LogP) is 13.1. The third-order valence-electron chi connectivity index (χ3n) is 11.6. The maximum Gasteiger partial charge on any atom is 0.164 e. The summed E-state index contributed by atoms with van der Waals surface area (Å²) in [4.78, 5) is 15.1. The molecule has 1 atom stereocenters. The van der Waals surface area contributed by atoms with Crippen LogP contribution in [0.2, 0.25) is 0 Å². The van der Waals surface area contributed by atoms with Gasteiger partial charge in [0.1, 0.15) is 7.14 Å². The van der Waals surface area contributed by atoms with Crippen LogP contribution < -0.4 is 10.6 Å². The minimum atomic E-state index is -2.87. The third-order valence-corrected chi connectivity index (χ3v) is 14.3. The molecule has 0 saturated carbocycles. The summed E-state index contributed by atoms with van der Waals surface area (Å²) in [6, 6.07) is 69.3. The van der Waals surface area contributed by atoms with Gasteiger partial charge in [0.2, 0.25) is 0 Å². The standard InChI is InChI=1S/C54H36N3OP/c1-59(58)48-29-13-12-22-41(48)46-27-15-28-47(51(46)59)50-44-25-10-8-23-42(44)49(43-24-9-11-26-45(43)50)36-30-32-38(33-31-36)53-55-52(37-18-6-3-7-19-37)56-54(57-53)40-21-14-20-39(34-40)35-16-4-2-5-17-35/h2-34H,1H3. The molecule has 10 aromatic rings. The van der Waals surface area contributed by atoms with E-state index in [1.54, 1.807) is 0 Å². The van der Waals surface area contributed by atoms with Crippen LogP contribution in [0.15, 0.2) is 200 Å². The van der Waals surface area contributed by atoms with Gasteiger partial charge in [-0.05, 0) is 78.8 Å². The molecule has 0 amide bonds. The second kappa shape index (κ2) is 14.0. The SMILES string of the molecule is CP1(=O)c2ccccc2-c2cccc(-c3c4ccccc4c(-c4ccc(-c5nc(-c6ccccc6)nc(-c6cccc(-c7ccccc7)c6)n5)cc4)c4ccccc34)c21. The van der Waals surface area contributed by atoms with Gasteiger partial charge >= 0.3 is 0 Å². The molecule has 278 valence electrons. The van der Waals surface area contributed by atoms with Crippen molar-refractivity contribution in [1.82, 2.24) is 15.0 Å². The number of fused-ring (bicyclic) bond motifs is 5. The summed E-state index contributed by atoms with van der Waals surface area (Å²) in [5, 5.41) is 6.42. The third kappa shape index (κ3) is 5.83. The summed E-state index contributed by atoms with van der Waals surface area (Å²) in [5.41, 5.74) is 11.5. The van der Waals surface area contributed by atoms with Gasteiger partial charge in [0.25, 0.3) is 0 Å². The van der Waals surface area contributed by atoms with E-state index in [9.17, 15) is 4.57 Å². The molecule has 11 rings (SSSR count). The molecule has 5 heteroatoms. The lowest BCUT2D eigenvalue weighted by atomic mass is 9.85. The van der Waals surface area contributed by atoms with E-state index >= 15 is 0 Å². The van der Waals surface area contributed by atoms with Gasteiger partial charge in [-0.25, -0.2) is 15.0 Å². The Morgan fingerprint density at radius 3 is 1.41 bits per heavy atom. The van der Waals surface area contributed by atoms with Crippen molar-refractivity contribution in [3.05, 3.63) is 200 Å². The van der Waals surface area contributed by atoms with Gasteiger partial charge in [0.05, 0.1) is 0 Å². The zero-order valence-corrected chi connectivity index (χ0v) is 33.1. The molecule has 9 aromatic carbocycles. The zero-order valence-electron chi connectivity index (χ0n) is 32.2. The Morgan fingerprint density at radius 2 is 0.763 bits per heavy atom. The van der Waals surface area contributed by atoms with E-state index in [4.69, 9.17) is 15.0 Å². The van der Waals surface area contributed by atoms with Gasteiger partial charge < -0.3 is 4.57 Å². The summed E-state index contributed by atoms with van der Waals surface area (Å²) < 4.78 is 14.8. The average molecular weight is 774 g/mol. The summed E-state index contributed by atoms with van der Waals surface area (Å²) in [6.07, 6.45) is 0. The van der Waals surface area contributed by atoms with E-state index in [-0.39, 0.29) is 0 Å². The fourth-order valence-electron chi connectivity index (χ4n) is 8.95. The van der Waals surface area contributed by atoms with E-state index in [1.807, 2.05) is 61.3 Å². The largest absolute Gasteiger partial charge is 0.314 e. The van der Waals surface area contributed by atoms with Crippen LogP contribution in [0, 0.1) is 0 Å². The molecular formula is C54H36N3OP. The van der Waals surface area contributed by atoms with Gasteiger partial charge in [0, 0.05) is 27.3 Å². The van der Waals surface area contributed by atoms with Crippen LogP contribution in [0.3, 0.4) is 0 Å². The highest BCUT2D eigenvalue weighted by atomic mass is 31.2. The van der Waals surface area contributed by atoms with Crippen molar-refractivity contribution in [2.75, 3.05) is 6.66 Å². The van der Waals surface area contributed by atoms with Gasteiger partial charge in [-0.1, -0.05) is 194 Å². The van der Waals surface area contributed by atoms with Crippen molar-refractivity contribution in [2.45, 2.75) is 0 Å². The van der Waals surface area contributed by atoms with Gasteiger partial charge in [-0.2, -0.15) is 0 Å². The summed E-state index contributed by atoms with van der Waals surface area (Å²) in [6.45, 7) is 1.93. The van der Waals surface area contributed by atoms with E-state index in [2.05, 4.69) is 146 Å². The smallest absolute Gasteiger partial charge is 0.164 e. The number of hydrogen-bond acceptors (Lipinski definition) is 4. The summed E-state index contributed by atoms with van der Waals surface area (Å²) >= 11 is 0. The Labute approximate surface area is 343 Å². The number of aromatic nitrogens is 3. The van der Waals surface area contributed by atoms with Crippen LogP contribution in [-0.4, -0.2) is 21.6 Å². The molecule has 1 aliphatic heterocycles. The number of hydrogen-bond donors (Lipinski definition) is 0. The predicted molar refractivity (Wildman–Crippen MR) is 246 cm³/mol. The minimum Gasteiger partial charge on any atom is -0.314 e. The average Bonchev–Trinajstić information content (AvgIpc) is 3.54. The number of benzene rings is 9. The maximum absolute atomic E-state index is 14.8. The molecule has 1 aromatic heterocycles. The monoisotopic (exact) mass is 773 g/mol. The second-order valence-electron chi connectivity index (χ2n) is 15.2. The first-order valence-corrected chi connectivity index (χ1v) is 22.0. The highest BCUT2D eigenvalue weighted by Crippen LogP contribution is 2.54. The molecule has 0 fully saturated rings. The molecule has 0 aliphatic carbocycles. The minimum absolute atomic E-state index is 0.610. The molecule has 0 spiro atoms. The Kier molecular flexibility index (Phi) is 8.28. The Bertz CT molecular complexity index is 3250. The lowest BCUT2D eigenvalue weighted by Gasteiger charge is -2.21. The molecule has 1 unspecified atom stereocenters. The first-order valence-electron chi connectivity index (χ1n) is 19.9. The molecular weight excluding hydrogens is 738 g/mol. The highest BCUT2D eigenvalue weighted by molar-refractivity contribution is 7.79. The highest BCUT2D eigenvalue weighted by Gasteiger charge is 2.37. The zero-order chi connectivity index (χ0) is 39.5. The molecule has 0 N–H and O–H groups in total.